The Labute approximate surface area is 137 Å². The van der Waals surface area contributed by atoms with Crippen molar-refractivity contribution in [2.45, 2.75) is 46.3 Å². The second kappa shape index (κ2) is 9.42. The molecule has 0 atom stereocenters. The molecule has 1 rings (SSSR count). The number of nitrogens with one attached hydrogen (secondary N) is 1. The molecular weight excluding hydrogens is 296 g/mol. The Morgan fingerprint density at radius 2 is 1.96 bits per heavy atom. The molecule has 1 aromatic heterocycles. The third kappa shape index (κ3) is 6.11. The van der Waals surface area contributed by atoms with E-state index in [0.29, 0.717) is 31.8 Å². The van der Waals surface area contributed by atoms with Gasteiger partial charge < -0.3 is 10.1 Å². The first kappa shape index (κ1) is 19.3. The average Bonchev–Trinajstić information content (AvgIpc) is 2.49. The lowest BCUT2D eigenvalue weighted by Crippen LogP contribution is -2.42. The third-order valence-corrected chi connectivity index (χ3v) is 3.59. The number of carbonyl (C=O) groups is 1. The highest BCUT2D eigenvalue weighted by molar-refractivity contribution is 5.91. The maximum absolute atomic E-state index is 12.2. The van der Waals surface area contributed by atoms with Crippen LogP contribution in [-0.4, -0.2) is 59.5 Å². The number of carbonyl (C=O) groups excluding carboxylic acids is 1. The fraction of sp³-hybridized carbons (Fsp3) is 0.688. The van der Waals surface area contributed by atoms with Crippen LogP contribution in [0.3, 0.4) is 0 Å². The topological polar surface area (TPSA) is 76.5 Å². The number of methoxy groups -OCH3 is 1. The zero-order valence-electron chi connectivity index (χ0n) is 14.7. The van der Waals surface area contributed by atoms with Crippen molar-refractivity contribution in [3.8, 4) is 0 Å². The molecule has 0 saturated heterocycles. The molecule has 0 radical (unpaired) electrons. The molecule has 0 saturated carbocycles. The second-order valence-corrected chi connectivity index (χ2v) is 5.95. The summed E-state index contributed by atoms with van der Waals surface area (Å²) in [6, 6.07) is 3.64. The Morgan fingerprint density at radius 3 is 2.52 bits per heavy atom. The minimum atomic E-state index is -0.274. The van der Waals surface area contributed by atoms with Gasteiger partial charge in [-0.1, -0.05) is 0 Å². The van der Waals surface area contributed by atoms with Gasteiger partial charge in [0.25, 0.3) is 11.5 Å². The normalized spacial score (nSPS) is 11.5. The number of hydrogen-bond acceptors (Lipinski definition) is 5. The number of nitrogens with zero attached hydrogens (tertiary/aromatic N) is 3. The third-order valence-electron chi connectivity index (χ3n) is 3.59. The molecule has 0 spiro atoms. The molecule has 1 N–H and O–H groups in total. The van der Waals surface area contributed by atoms with Crippen molar-refractivity contribution in [3.63, 3.8) is 0 Å². The van der Waals surface area contributed by atoms with E-state index < -0.39 is 0 Å². The number of ether oxygens (including phenoxy) is 1. The van der Waals surface area contributed by atoms with E-state index >= 15 is 0 Å². The molecule has 0 unspecified atom stereocenters. The molecule has 0 aliphatic heterocycles. The molecular formula is C16H28N4O3. The van der Waals surface area contributed by atoms with E-state index in [1.54, 1.807) is 7.11 Å². The lowest BCUT2D eigenvalue weighted by Gasteiger charge is -2.30. The van der Waals surface area contributed by atoms with E-state index in [9.17, 15) is 9.59 Å². The summed E-state index contributed by atoms with van der Waals surface area (Å²) >= 11 is 0. The summed E-state index contributed by atoms with van der Waals surface area (Å²) in [5, 5.41) is 6.93. The molecule has 1 amide bonds. The standard InChI is InChI=1S/C16H28N4O3/c1-12(2)19(13(3)4)9-8-17-16(22)14-6-7-15(21)20(18-14)10-11-23-5/h6-7,12-13H,8-11H2,1-5H3,(H,17,22). The lowest BCUT2D eigenvalue weighted by atomic mass is 10.2. The van der Waals surface area contributed by atoms with Crippen LogP contribution in [0.15, 0.2) is 16.9 Å². The molecule has 1 aromatic rings. The van der Waals surface area contributed by atoms with Crippen molar-refractivity contribution >= 4 is 5.91 Å². The van der Waals surface area contributed by atoms with E-state index in [4.69, 9.17) is 4.74 Å². The molecule has 0 aliphatic carbocycles. The van der Waals surface area contributed by atoms with Crippen molar-refractivity contribution in [2.24, 2.45) is 0 Å². The summed E-state index contributed by atoms with van der Waals surface area (Å²) in [6.07, 6.45) is 0. The highest BCUT2D eigenvalue weighted by Crippen LogP contribution is 2.03. The Hall–Kier alpha value is -1.73. The molecule has 23 heavy (non-hydrogen) atoms. The van der Waals surface area contributed by atoms with Gasteiger partial charge in [-0.25, -0.2) is 4.68 Å². The van der Waals surface area contributed by atoms with Crippen LogP contribution >= 0.6 is 0 Å². The van der Waals surface area contributed by atoms with Gasteiger partial charge in [-0.15, -0.1) is 0 Å². The Bertz CT molecular complexity index is 547. The van der Waals surface area contributed by atoms with Crippen molar-refractivity contribution < 1.29 is 9.53 Å². The molecule has 130 valence electrons. The van der Waals surface area contributed by atoms with Crippen LogP contribution in [0, 0.1) is 0 Å². The number of aromatic nitrogens is 2. The van der Waals surface area contributed by atoms with E-state index in [-0.39, 0.29) is 17.2 Å². The number of amides is 1. The quantitative estimate of drug-likeness (QED) is 0.725. The van der Waals surface area contributed by atoms with Gasteiger partial charge >= 0.3 is 0 Å². The van der Waals surface area contributed by atoms with Crippen LogP contribution in [0.2, 0.25) is 0 Å². The minimum absolute atomic E-state index is 0.237. The van der Waals surface area contributed by atoms with Crippen LogP contribution in [0.5, 0.6) is 0 Å². The summed E-state index contributed by atoms with van der Waals surface area (Å²) in [7, 11) is 1.55. The van der Waals surface area contributed by atoms with Gasteiger partial charge in [-0.3, -0.25) is 14.5 Å². The maximum Gasteiger partial charge on any atom is 0.271 e. The number of hydrogen-bond donors (Lipinski definition) is 1. The summed E-state index contributed by atoms with van der Waals surface area (Å²) in [5.74, 6) is -0.274. The predicted octanol–water partition coefficient (Wildman–Crippen LogP) is 0.738. The fourth-order valence-corrected chi connectivity index (χ4v) is 2.41. The summed E-state index contributed by atoms with van der Waals surface area (Å²) < 4.78 is 6.17. The largest absolute Gasteiger partial charge is 0.383 e. The Kier molecular flexibility index (Phi) is 7.91. The van der Waals surface area contributed by atoms with Gasteiger partial charge in [0.05, 0.1) is 13.2 Å². The van der Waals surface area contributed by atoms with Crippen molar-refractivity contribution in [2.75, 3.05) is 26.8 Å². The lowest BCUT2D eigenvalue weighted by molar-refractivity contribution is 0.0931. The molecule has 0 aromatic carbocycles. The van der Waals surface area contributed by atoms with Crippen LogP contribution in [0.25, 0.3) is 0 Å². The fourth-order valence-electron chi connectivity index (χ4n) is 2.41. The van der Waals surface area contributed by atoms with Gasteiger partial charge in [0.15, 0.2) is 0 Å². The first-order chi connectivity index (χ1) is 10.9. The van der Waals surface area contributed by atoms with E-state index in [1.165, 1.54) is 16.8 Å². The molecule has 0 bridgehead atoms. The zero-order chi connectivity index (χ0) is 17.4. The summed E-state index contributed by atoms with van der Waals surface area (Å²) in [5.41, 5.74) is -0.00858. The Morgan fingerprint density at radius 1 is 1.30 bits per heavy atom. The minimum Gasteiger partial charge on any atom is -0.383 e. The first-order valence-corrected chi connectivity index (χ1v) is 7.97. The molecule has 1 heterocycles. The highest BCUT2D eigenvalue weighted by atomic mass is 16.5. The smallest absolute Gasteiger partial charge is 0.271 e. The van der Waals surface area contributed by atoms with Gasteiger partial charge in [0.2, 0.25) is 0 Å². The van der Waals surface area contributed by atoms with E-state index in [0.717, 1.165) is 6.54 Å². The molecule has 0 aliphatic rings. The van der Waals surface area contributed by atoms with Crippen molar-refractivity contribution in [1.29, 1.82) is 0 Å². The van der Waals surface area contributed by atoms with Crippen molar-refractivity contribution in [1.82, 2.24) is 20.0 Å². The van der Waals surface area contributed by atoms with Gasteiger partial charge in [-0.05, 0) is 33.8 Å². The monoisotopic (exact) mass is 324 g/mol. The molecule has 7 nitrogen and oxygen atoms in total. The van der Waals surface area contributed by atoms with E-state index in [1.807, 2.05) is 0 Å². The van der Waals surface area contributed by atoms with Gasteiger partial charge in [0.1, 0.15) is 5.69 Å². The van der Waals surface area contributed by atoms with E-state index in [2.05, 4.69) is 43.0 Å². The zero-order valence-corrected chi connectivity index (χ0v) is 14.7. The first-order valence-electron chi connectivity index (χ1n) is 7.97. The summed E-state index contributed by atoms with van der Waals surface area (Å²) in [4.78, 5) is 26.1. The van der Waals surface area contributed by atoms with Gasteiger partial charge in [0, 0.05) is 38.3 Å². The molecule has 0 fully saturated rings. The van der Waals surface area contributed by atoms with Crippen LogP contribution < -0.4 is 10.9 Å². The molecule has 7 heteroatoms. The second-order valence-electron chi connectivity index (χ2n) is 5.95. The van der Waals surface area contributed by atoms with Crippen LogP contribution in [-0.2, 0) is 11.3 Å². The summed E-state index contributed by atoms with van der Waals surface area (Å²) in [6.45, 7) is 10.5. The average molecular weight is 324 g/mol. The van der Waals surface area contributed by atoms with Crippen LogP contribution in [0.1, 0.15) is 38.2 Å². The SMILES string of the molecule is COCCn1nc(C(=O)NCCN(C(C)C)C(C)C)ccc1=O. The van der Waals surface area contributed by atoms with Gasteiger partial charge in [-0.2, -0.15) is 5.10 Å². The predicted molar refractivity (Wildman–Crippen MR) is 89.7 cm³/mol. The Balaban J connectivity index is 2.62. The maximum atomic E-state index is 12.2. The number of rotatable bonds is 9. The highest BCUT2D eigenvalue weighted by Gasteiger charge is 2.14. The van der Waals surface area contributed by atoms with Crippen LogP contribution in [0.4, 0.5) is 0 Å². The van der Waals surface area contributed by atoms with Crippen molar-refractivity contribution in [3.05, 3.63) is 28.2 Å².